The predicted octanol–water partition coefficient (Wildman–Crippen LogP) is 3.08. The summed E-state index contributed by atoms with van der Waals surface area (Å²) in [5.74, 6) is -1.54. The normalized spacial score (nSPS) is 11.7. The van der Waals surface area contributed by atoms with Crippen LogP contribution < -0.4 is 19.5 Å². The SMILES string of the molecule is COc1cc(Oc2cccc(C(F)(F)F)c2)nc(C(=O)NC(=O)NS(=O)(=O)C(C)C)c1. The largest absolute Gasteiger partial charge is 0.496 e. The highest BCUT2D eigenvalue weighted by Gasteiger charge is 2.30. The van der Waals surface area contributed by atoms with Crippen molar-refractivity contribution in [2.45, 2.75) is 25.3 Å². The summed E-state index contributed by atoms with van der Waals surface area (Å²) in [5.41, 5.74) is -1.35. The molecule has 9 nitrogen and oxygen atoms in total. The Bertz CT molecular complexity index is 1090. The third kappa shape index (κ3) is 6.57. The van der Waals surface area contributed by atoms with Crippen LogP contribution >= 0.6 is 0 Å². The number of benzene rings is 1. The van der Waals surface area contributed by atoms with E-state index < -0.39 is 44.6 Å². The van der Waals surface area contributed by atoms with Crippen LogP contribution in [0.2, 0.25) is 0 Å². The van der Waals surface area contributed by atoms with Crippen LogP contribution in [0.25, 0.3) is 0 Å². The third-order valence-electron chi connectivity index (χ3n) is 3.71. The number of carbonyl (C=O) groups excluding carboxylic acids is 2. The van der Waals surface area contributed by atoms with Gasteiger partial charge in [-0.25, -0.2) is 22.9 Å². The number of amides is 3. The highest BCUT2D eigenvalue weighted by atomic mass is 32.2. The first kappa shape index (κ1) is 23.9. The number of sulfonamides is 1. The zero-order valence-electron chi connectivity index (χ0n) is 16.5. The molecule has 2 rings (SSSR count). The molecule has 0 aliphatic carbocycles. The number of carbonyl (C=O) groups is 2. The zero-order valence-corrected chi connectivity index (χ0v) is 17.3. The smallest absolute Gasteiger partial charge is 0.416 e. The standard InChI is InChI=1S/C18H18F3N3O6S/c1-10(2)31(27,28)24-17(26)23-16(25)14-8-13(29-3)9-15(22-14)30-12-6-4-5-11(7-12)18(19,20)21/h4-10H,1-3H3,(H2,23,24,25,26). The fourth-order valence-corrected chi connectivity index (χ4v) is 2.61. The second-order valence-corrected chi connectivity index (χ2v) is 8.57. The number of imide groups is 1. The van der Waals surface area contributed by atoms with E-state index in [9.17, 15) is 31.2 Å². The fourth-order valence-electron chi connectivity index (χ4n) is 2.06. The molecule has 1 heterocycles. The van der Waals surface area contributed by atoms with Gasteiger partial charge in [0.2, 0.25) is 15.9 Å². The molecule has 3 amide bonds. The van der Waals surface area contributed by atoms with Crippen molar-refractivity contribution in [2.24, 2.45) is 0 Å². The summed E-state index contributed by atoms with van der Waals surface area (Å²) in [6.45, 7) is 2.66. The lowest BCUT2D eigenvalue weighted by Crippen LogP contribution is -2.44. The number of hydrogen-bond donors (Lipinski definition) is 2. The third-order valence-corrected chi connectivity index (χ3v) is 5.42. The van der Waals surface area contributed by atoms with Gasteiger partial charge in [-0.05, 0) is 32.0 Å². The first-order valence-corrected chi connectivity index (χ1v) is 10.1. The van der Waals surface area contributed by atoms with Crippen LogP contribution in [0.15, 0.2) is 36.4 Å². The molecule has 0 radical (unpaired) electrons. The second kappa shape index (κ2) is 9.20. The Labute approximate surface area is 175 Å². The highest BCUT2D eigenvalue weighted by Crippen LogP contribution is 2.33. The minimum Gasteiger partial charge on any atom is -0.496 e. The Morgan fingerprint density at radius 2 is 1.77 bits per heavy atom. The topological polar surface area (TPSA) is 124 Å². The number of nitrogens with one attached hydrogen (secondary N) is 2. The summed E-state index contributed by atoms with van der Waals surface area (Å²) in [6.07, 6.45) is -4.59. The first-order valence-electron chi connectivity index (χ1n) is 8.60. The second-order valence-electron chi connectivity index (χ2n) is 6.34. The van der Waals surface area contributed by atoms with E-state index in [4.69, 9.17) is 9.47 Å². The lowest BCUT2D eigenvalue weighted by molar-refractivity contribution is -0.137. The van der Waals surface area contributed by atoms with Crippen molar-refractivity contribution >= 4 is 22.0 Å². The van der Waals surface area contributed by atoms with Crippen molar-refractivity contribution in [1.29, 1.82) is 0 Å². The molecule has 1 aromatic heterocycles. The van der Waals surface area contributed by atoms with Crippen molar-refractivity contribution in [3.8, 4) is 17.4 Å². The summed E-state index contributed by atoms with van der Waals surface area (Å²) < 4.78 is 73.9. The zero-order chi connectivity index (χ0) is 23.4. The average Bonchev–Trinajstić information content (AvgIpc) is 2.66. The maximum atomic E-state index is 12.9. The van der Waals surface area contributed by atoms with Gasteiger partial charge in [0, 0.05) is 12.1 Å². The average molecular weight is 461 g/mol. The molecular formula is C18H18F3N3O6S. The maximum absolute atomic E-state index is 12.9. The highest BCUT2D eigenvalue weighted by molar-refractivity contribution is 7.90. The van der Waals surface area contributed by atoms with E-state index in [1.54, 1.807) is 10.0 Å². The predicted molar refractivity (Wildman–Crippen MR) is 102 cm³/mol. The van der Waals surface area contributed by atoms with E-state index in [0.717, 1.165) is 24.3 Å². The van der Waals surface area contributed by atoms with Gasteiger partial charge in [-0.15, -0.1) is 0 Å². The molecule has 2 aromatic rings. The van der Waals surface area contributed by atoms with Crippen molar-refractivity contribution in [3.63, 3.8) is 0 Å². The minimum absolute atomic E-state index is 0.0531. The van der Waals surface area contributed by atoms with Crippen LogP contribution in [0.5, 0.6) is 17.4 Å². The molecule has 31 heavy (non-hydrogen) atoms. The molecule has 2 N–H and O–H groups in total. The molecule has 0 saturated carbocycles. The lowest BCUT2D eigenvalue weighted by atomic mass is 10.2. The summed E-state index contributed by atoms with van der Waals surface area (Å²) >= 11 is 0. The van der Waals surface area contributed by atoms with Gasteiger partial charge in [-0.3, -0.25) is 10.1 Å². The van der Waals surface area contributed by atoms with E-state index in [2.05, 4.69) is 4.98 Å². The molecule has 168 valence electrons. The van der Waals surface area contributed by atoms with E-state index >= 15 is 0 Å². The molecule has 0 aliphatic heterocycles. The van der Waals surface area contributed by atoms with Gasteiger partial charge >= 0.3 is 12.2 Å². The number of ether oxygens (including phenoxy) is 2. The van der Waals surface area contributed by atoms with E-state index in [0.29, 0.717) is 0 Å². The number of pyridine rings is 1. The fraction of sp³-hybridized carbons (Fsp3) is 0.278. The summed E-state index contributed by atoms with van der Waals surface area (Å²) in [5, 5.41) is 0.868. The number of methoxy groups -OCH3 is 1. The number of rotatable bonds is 6. The lowest BCUT2D eigenvalue weighted by Gasteiger charge is -2.12. The summed E-state index contributed by atoms with van der Waals surface area (Å²) in [7, 11) is -2.72. The Hall–Kier alpha value is -3.35. The Morgan fingerprint density at radius 1 is 1.10 bits per heavy atom. The number of halogens is 3. The Morgan fingerprint density at radius 3 is 2.35 bits per heavy atom. The van der Waals surface area contributed by atoms with Crippen molar-refractivity contribution in [1.82, 2.24) is 15.0 Å². The molecular weight excluding hydrogens is 443 g/mol. The van der Waals surface area contributed by atoms with Gasteiger partial charge in [0.15, 0.2) is 0 Å². The first-order chi connectivity index (χ1) is 14.3. The van der Waals surface area contributed by atoms with Gasteiger partial charge < -0.3 is 9.47 Å². The van der Waals surface area contributed by atoms with Crippen LogP contribution in [0.1, 0.15) is 29.9 Å². The molecule has 0 aliphatic rings. The van der Waals surface area contributed by atoms with Crippen molar-refractivity contribution in [2.75, 3.05) is 7.11 Å². The van der Waals surface area contributed by atoms with Crippen LogP contribution in [0, 0.1) is 0 Å². The molecule has 0 atom stereocenters. The van der Waals surface area contributed by atoms with Gasteiger partial charge in [0.25, 0.3) is 5.91 Å². The van der Waals surface area contributed by atoms with Gasteiger partial charge in [-0.1, -0.05) is 6.07 Å². The van der Waals surface area contributed by atoms with E-state index in [-0.39, 0.29) is 17.4 Å². The number of hydrogen-bond acceptors (Lipinski definition) is 7. The number of alkyl halides is 3. The van der Waals surface area contributed by atoms with E-state index in [1.165, 1.54) is 33.1 Å². The van der Waals surface area contributed by atoms with Gasteiger partial charge in [0.05, 0.1) is 17.9 Å². The minimum atomic E-state index is -4.59. The summed E-state index contributed by atoms with van der Waals surface area (Å²) in [4.78, 5) is 27.9. The monoisotopic (exact) mass is 461 g/mol. The van der Waals surface area contributed by atoms with Crippen LogP contribution in [-0.4, -0.2) is 37.7 Å². The van der Waals surface area contributed by atoms with Crippen LogP contribution in [0.4, 0.5) is 18.0 Å². The van der Waals surface area contributed by atoms with Crippen LogP contribution in [-0.2, 0) is 16.2 Å². The molecule has 0 bridgehead atoms. The number of nitrogens with zero attached hydrogens (tertiary/aromatic N) is 1. The number of aromatic nitrogens is 1. The molecule has 0 unspecified atom stereocenters. The molecule has 0 saturated heterocycles. The van der Waals surface area contributed by atoms with Gasteiger partial charge in [0.1, 0.15) is 17.2 Å². The summed E-state index contributed by atoms with van der Waals surface area (Å²) in [6, 6.07) is 5.01. The Kier molecular flexibility index (Phi) is 7.10. The van der Waals surface area contributed by atoms with E-state index in [1.807, 2.05) is 0 Å². The Balaban J connectivity index is 2.24. The molecule has 13 heteroatoms. The molecule has 0 fully saturated rings. The maximum Gasteiger partial charge on any atom is 0.416 e. The number of urea groups is 1. The molecule has 1 aromatic carbocycles. The quantitative estimate of drug-likeness (QED) is 0.678. The molecule has 0 spiro atoms. The van der Waals surface area contributed by atoms with Crippen molar-refractivity contribution < 1.29 is 40.7 Å². The van der Waals surface area contributed by atoms with Crippen LogP contribution in [0.3, 0.4) is 0 Å². The van der Waals surface area contributed by atoms with Crippen molar-refractivity contribution in [3.05, 3.63) is 47.7 Å². The van der Waals surface area contributed by atoms with Gasteiger partial charge in [-0.2, -0.15) is 13.2 Å².